The van der Waals surface area contributed by atoms with Gasteiger partial charge in [0.1, 0.15) is 5.54 Å². The Bertz CT molecular complexity index is 509. The molecule has 2 saturated heterocycles. The summed E-state index contributed by atoms with van der Waals surface area (Å²) >= 11 is 0. The van der Waals surface area contributed by atoms with Crippen LogP contribution in [0.3, 0.4) is 0 Å². The van der Waals surface area contributed by atoms with Gasteiger partial charge in [-0.1, -0.05) is 36.8 Å². The molecule has 1 aromatic carbocycles. The van der Waals surface area contributed by atoms with E-state index in [4.69, 9.17) is 5.73 Å². The van der Waals surface area contributed by atoms with Crippen molar-refractivity contribution in [2.24, 2.45) is 5.73 Å². The van der Waals surface area contributed by atoms with Crippen LogP contribution in [0.4, 0.5) is 0 Å². The molecular weight excluding hydrogens is 260 g/mol. The lowest BCUT2D eigenvalue weighted by Gasteiger charge is -2.45. The van der Waals surface area contributed by atoms with Gasteiger partial charge >= 0.3 is 0 Å². The lowest BCUT2D eigenvalue weighted by atomic mass is 9.91. The zero-order valence-corrected chi connectivity index (χ0v) is 12.5. The second-order valence-electron chi connectivity index (χ2n) is 6.37. The fraction of sp³-hybridized carbons (Fsp3) is 0.588. The van der Waals surface area contributed by atoms with Crippen LogP contribution in [0, 0.1) is 11.3 Å². The van der Waals surface area contributed by atoms with Crippen molar-refractivity contribution in [3.05, 3.63) is 35.9 Å². The number of hydrogen-bond donors (Lipinski definition) is 1. The van der Waals surface area contributed by atoms with Crippen LogP contribution < -0.4 is 5.73 Å². The standard InChI is InChI=1S/C17H24N4/c18-13-17(19,15-6-2-1-3-7-15)14-20-10-11-21-9-5-4-8-16(21)12-20/h1-3,6-7,16H,4-5,8-12,14,19H2. The Labute approximate surface area is 127 Å². The number of nitrogens with two attached hydrogens (primary N) is 1. The summed E-state index contributed by atoms with van der Waals surface area (Å²) in [6, 6.07) is 12.8. The lowest BCUT2D eigenvalue weighted by molar-refractivity contribution is 0.0424. The smallest absolute Gasteiger partial charge is 0.142 e. The molecule has 1 aromatic rings. The van der Waals surface area contributed by atoms with Gasteiger partial charge in [0, 0.05) is 32.2 Å². The van der Waals surface area contributed by atoms with Crippen molar-refractivity contribution in [3.8, 4) is 6.07 Å². The number of fused-ring (bicyclic) bond motifs is 1. The third-order valence-corrected chi connectivity index (χ3v) is 4.88. The third kappa shape index (κ3) is 3.11. The quantitative estimate of drug-likeness (QED) is 0.914. The maximum absolute atomic E-state index is 9.59. The average Bonchev–Trinajstić information content (AvgIpc) is 2.55. The normalized spacial score (nSPS) is 26.6. The van der Waals surface area contributed by atoms with Crippen LogP contribution >= 0.6 is 0 Å². The number of hydrogen-bond acceptors (Lipinski definition) is 4. The van der Waals surface area contributed by atoms with E-state index in [1.54, 1.807) is 0 Å². The predicted octanol–water partition coefficient (Wildman–Crippen LogP) is 1.53. The maximum atomic E-state index is 9.59. The van der Waals surface area contributed by atoms with Gasteiger partial charge in [0.25, 0.3) is 0 Å². The molecule has 2 N–H and O–H groups in total. The maximum Gasteiger partial charge on any atom is 0.142 e. The zero-order chi connectivity index (χ0) is 14.7. The van der Waals surface area contributed by atoms with Crippen LogP contribution in [0.15, 0.2) is 30.3 Å². The molecule has 2 unspecified atom stereocenters. The van der Waals surface area contributed by atoms with Gasteiger partial charge in [-0.2, -0.15) is 5.26 Å². The monoisotopic (exact) mass is 284 g/mol. The Hall–Kier alpha value is -1.41. The van der Waals surface area contributed by atoms with E-state index in [2.05, 4.69) is 15.9 Å². The number of benzene rings is 1. The highest BCUT2D eigenvalue weighted by Gasteiger charge is 2.34. The Morgan fingerprint density at radius 3 is 2.76 bits per heavy atom. The molecule has 0 amide bonds. The fourth-order valence-corrected chi connectivity index (χ4v) is 3.64. The van der Waals surface area contributed by atoms with Gasteiger partial charge in [-0.05, 0) is 24.9 Å². The molecule has 2 heterocycles. The zero-order valence-electron chi connectivity index (χ0n) is 12.5. The van der Waals surface area contributed by atoms with E-state index >= 15 is 0 Å². The molecule has 4 heteroatoms. The van der Waals surface area contributed by atoms with E-state index in [9.17, 15) is 5.26 Å². The topological polar surface area (TPSA) is 56.3 Å². The summed E-state index contributed by atoms with van der Waals surface area (Å²) in [6.45, 7) is 5.04. The summed E-state index contributed by atoms with van der Waals surface area (Å²) in [5, 5.41) is 9.59. The second-order valence-corrected chi connectivity index (χ2v) is 6.37. The molecule has 0 aromatic heterocycles. The third-order valence-electron chi connectivity index (χ3n) is 4.88. The molecule has 0 bridgehead atoms. The molecule has 3 rings (SSSR count). The molecule has 0 saturated carbocycles. The molecule has 0 spiro atoms. The summed E-state index contributed by atoms with van der Waals surface area (Å²) in [5.74, 6) is 0. The van der Waals surface area contributed by atoms with Gasteiger partial charge in [0.2, 0.25) is 0 Å². The van der Waals surface area contributed by atoms with E-state index in [0.717, 1.165) is 25.2 Å². The molecule has 21 heavy (non-hydrogen) atoms. The van der Waals surface area contributed by atoms with Crippen LogP contribution in [-0.2, 0) is 5.54 Å². The predicted molar refractivity (Wildman–Crippen MR) is 83.6 cm³/mol. The Morgan fingerprint density at radius 2 is 2.00 bits per heavy atom. The highest BCUT2D eigenvalue weighted by molar-refractivity contribution is 5.31. The highest BCUT2D eigenvalue weighted by atomic mass is 15.3. The van der Waals surface area contributed by atoms with Crippen molar-refractivity contribution in [2.75, 3.05) is 32.7 Å². The minimum absolute atomic E-state index is 0.623. The number of nitriles is 1. The summed E-state index contributed by atoms with van der Waals surface area (Å²) < 4.78 is 0. The summed E-state index contributed by atoms with van der Waals surface area (Å²) in [7, 11) is 0. The molecule has 4 nitrogen and oxygen atoms in total. The van der Waals surface area contributed by atoms with E-state index in [0.29, 0.717) is 12.6 Å². The van der Waals surface area contributed by atoms with Gasteiger partial charge in [-0.3, -0.25) is 9.80 Å². The van der Waals surface area contributed by atoms with Gasteiger partial charge in [-0.15, -0.1) is 0 Å². The first-order valence-electron chi connectivity index (χ1n) is 7.93. The number of piperidine rings is 1. The van der Waals surface area contributed by atoms with Crippen molar-refractivity contribution < 1.29 is 0 Å². The van der Waals surface area contributed by atoms with Crippen molar-refractivity contribution in [1.29, 1.82) is 5.26 Å². The molecule has 2 fully saturated rings. The summed E-state index contributed by atoms with van der Waals surface area (Å²) in [6.07, 6.45) is 3.95. The summed E-state index contributed by atoms with van der Waals surface area (Å²) in [4.78, 5) is 4.98. The lowest BCUT2D eigenvalue weighted by Crippen LogP contribution is -2.58. The Kier molecular flexibility index (Phi) is 4.25. The minimum atomic E-state index is -0.905. The van der Waals surface area contributed by atoms with Crippen LogP contribution in [-0.4, -0.2) is 48.6 Å². The minimum Gasteiger partial charge on any atom is -0.309 e. The molecule has 112 valence electrons. The van der Waals surface area contributed by atoms with E-state index in [1.165, 1.54) is 25.8 Å². The first-order chi connectivity index (χ1) is 10.2. The second kappa shape index (κ2) is 6.15. The molecule has 2 aliphatic rings. The van der Waals surface area contributed by atoms with Crippen LogP contribution in [0.1, 0.15) is 24.8 Å². The van der Waals surface area contributed by atoms with E-state index in [1.807, 2.05) is 30.3 Å². The average molecular weight is 284 g/mol. The Balaban J connectivity index is 1.69. The molecule has 2 atom stereocenters. The van der Waals surface area contributed by atoms with Gasteiger partial charge in [0.05, 0.1) is 6.07 Å². The fourth-order valence-electron chi connectivity index (χ4n) is 3.64. The number of piperazine rings is 1. The van der Waals surface area contributed by atoms with Crippen LogP contribution in [0.25, 0.3) is 0 Å². The SMILES string of the molecule is N#CC(N)(CN1CCN2CCCCC2C1)c1ccccc1. The molecule has 0 radical (unpaired) electrons. The Morgan fingerprint density at radius 1 is 1.19 bits per heavy atom. The van der Waals surface area contributed by atoms with Crippen LogP contribution in [0.2, 0.25) is 0 Å². The van der Waals surface area contributed by atoms with E-state index < -0.39 is 5.54 Å². The first kappa shape index (κ1) is 14.5. The molecule has 2 aliphatic heterocycles. The van der Waals surface area contributed by atoms with Crippen molar-refractivity contribution in [3.63, 3.8) is 0 Å². The number of nitrogens with zero attached hydrogens (tertiary/aromatic N) is 3. The van der Waals surface area contributed by atoms with Gasteiger partial charge in [-0.25, -0.2) is 0 Å². The molecular formula is C17H24N4. The van der Waals surface area contributed by atoms with E-state index in [-0.39, 0.29) is 0 Å². The van der Waals surface area contributed by atoms with Gasteiger partial charge in [0.15, 0.2) is 0 Å². The largest absolute Gasteiger partial charge is 0.309 e. The number of rotatable bonds is 3. The van der Waals surface area contributed by atoms with Crippen LogP contribution in [0.5, 0.6) is 0 Å². The van der Waals surface area contributed by atoms with Gasteiger partial charge < -0.3 is 5.73 Å². The molecule has 0 aliphatic carbocycles. The van der Waals surface area contributed by atoms with Crippen molar-refractivity contribution in [1.82, 2.24) is 9.80 Å². The first-order valence-corrected chi connectivity index (χ1v) is 7.93. The highest BCUT2D eigenvalue weighted by Crippen LogP contribution is 2.24. The van der Waals surface area contributed by atoms with Crippen molar-refractivity contribution >= 4 is 0 Å². The van der Waals surface area contributed by atoms with Crippen molar-refractivity contribution in [2.45, 2.75) is 30.8 Å². The summed E-state index contributed by atoms with van der Waals surface area (Å²) in [5.41, 5.74) is 6.41.